The standard InChI is InChI=1S/C28H24N2O4/c1-33-24-15-20-13-14-30-23(21(20)17-25(24)34-2)16-22(18-9-5-3-6-10-18)26(28(30)32)29-27(31)19-11-7-4-8-12-19/h3-12,15-17H,13-14H2,1-2H3,(H,29,31). The van der Waals surface area contributed by atoms with Crippen LogP contribution in [0.4, 0.5) is 5.69 Å². The van der Waals surface area contributed by atoms with E-state index in [0.717, 1.165) is 22.4 Å². The van der Waals surface area contributed by atoms with Gasteiger partial charge in [0.05, 0.1) is 19.9 Å². The van der Waals surface area contributed by atoms with Crippen molar-refractivity contribution in [2.45, 2.75) is 13.0 Å². The van der Waals surface area contributed by atoms with Gasteiger partial charge in [-0.05, 0) is 47.9 Å². The number of carbonyl (C=O) groups is 1. The minimum absolute atomic E-state index is 0.235. The molecule has 2 heterocycles. The van der Waals surface area contributed by atoms with E-state index in [2.05, 4.69) is 5.32 Å². The van der Waals surface area contributed by atoms with Gasteiger partial charge in [0.15, 0.2) is 11.5 Å². The first-order valence-electron chi connectivity index (χ1n) is 11.1. The fourth-order valence-corrected chi connectivity index (χ4v) is 4.43. The molecule has 0 bridgehead atoms. The van der Waals surface area contributed by atoms with Gasteiger partial charge in [0.2, 0.25) is 0 Å². The number of anilines is 1. The number of ether oxygens (including phenoxy) is 2. The molecule has 0 unspecified atom stereocenters. The first kappa shape index (κ1) is 21.5. The van der Waals surface area contributed by atoms with E-state index in [4.69, 9.17) is 9.47 Å². The lowest BCUT2D eigenvalue weighted by molar-refractivity contribution is 0.102. The SMILES string of the molecule is COc1cc2c(cc1OC)-c1cc(-c3ccccc3)c(NC(=O)c3ccccc3)c(=O)n1CC2. The molecule has 0 radical (unpaired) electrons. The van der Waals surface area contributed by atoms with Crippen molar-refractivity contribution in [1.82, 2.24) is 4.57 Å². The van der Waals surface area contributed by atoms with Crippen molar-refractivity contribution in [2.75, 3.05) is 19.5 Å². The zero-order valence-electron chi connectivity index (χ0n) is 19.0. The maximum Gasteiger partial charge on any atom is 0.275 e. The van der Waals surface area contributed by atoms with Crippen molar-refractivity contribution >= 4 is 11.6 Å². The molecule has 1 aliphatic rings. The van der Waals surface area contributed by atoms with E-state index in [1.165, 1.54) is 0 Å². The van der Waals surface area contributed by atoms with Crippen LogP contribution in [0.2, 0.25) is 0 Å². The second-order valence-electron chi connectivity index (χ2n) is 8.08. The molecule has 0 aliphatic carbocycles. The molecule has 34 heavy (non-hydrogen) atoms. The lowest BCUT2D eigenvalue weighted by atomic mass is 9.93. The number of hydrogen-bond acceptors (Lipinski definition) is 4. The van der Waals surface area contributed by atoms with Crippen LogP contribution < -0.4 is 20.3 Å². The summed E-state index contributed by atoms with van der Waals surface area (Å²) in [6.45, 7) is 0.500. The van der Waals surface area contributed by atoms with Crippen LogP contribution in [0.3, 0.4) is 0 Å². The quantitative estimate of drug-likeness (QED) is 0.462. The third-order valence-corrected chi connectivity index (χ3v) is 6.15. The van der Waals surface area contributed by atoms with E-state index in [1.807, 2.05) is 54.6 Å². The molecule has 6 nitrogen and oxygen atoms in total. The third kappa shape index (κ3) is 3.73. The molecular weight excluding hydrogens is 428 g/mol. The van der Waals surface area contributed by atoms with Gasteiger partial charge >= 0.3 is 0 Å². The average Bonchev–Trinajstić information content (AvgIpc) is 2.89. The van der Waals surface area contributed by atoms with Crippen LogP contribution in [0.5, 0.6) is 11.5 Å². The number of methoxy groups -OCH3 is 2. The number of hydrogen-bond donors (Lipinski definition) is 1. The van der Waals surface area contributed by atoms with Gasteiger partial charge in [-0.1, -0.05) is 48.5 Å². The highest BCUT2D eigenvalue weighted by atomic mass is 16.5. The van der Waals surface area contributed by atoms with E-state index in [1.54, 1.807) is 43.1 Å². The Morgan fingerprint density at radius 1 is 0.853 bits per heavy atom. The summed E-state index contributed by atoms with van der Waals surface area (Å²) in [7, 11) is 3.21. The molecule has 4 aromatic rings. The first-order valence-corrected chi connectivity index (χ1v) is 11.1. The lowest BCUT2D eigenvalue weighted by Gasteiger charge is -2.25. The number of fused-ring (bicyclic) bond motifs is 3. The minimum atomic E-state index is -0.321. The number of nitrogens with zero attached hydrogens (tertiary/aromatic N) is 1. The Kier molecular flexibility index (Phi) is 5.64. The number of aryl methyl sites for hydroxylation is 1. The van der Waals surface area contributed by atoms with Gasteiger partial charge in [-0.2, -0.15) is 0 Å². The van der Waals surface area contributed by atoms with Crippen LogP contribution in [0.25, 0.3) is 22.4 Å². The Bertz CT molecular complexity index is 1430. The van der Waals surface area contributed by atoms with Gasteiger partial charge in [-0.15, -0.1) is 0 Å². The van der Waals surface area contributed by atoms with E-state index in [9.17, 15) is 9.59 Å². The van der Waals surface area contributed by atoms with Crippen LogP contribution >= 0.6 is 0 Å². The molecule has 0 saturated heterocycles. The zero-order chi connectivity index (χ0) is 23.7. The summed E-state index contributed by atoms with van der Waals surface area (Å²) in [5.74, 6) is 0.940. The molecule has 0 saturated carbocycles. The second kappa shape index (κ2) is 8.90. The Morgan fingerprint density at radius 2 is 1.50 bits per heavy atom. The fraction of sp³-hybridized carbons (Fsp3) is 0.143. The zero-order valence-corrected chi connectivity index (χ0v) is 19.0. The summed E-state index contributed by atoms with van der Waals surface area (Å²) in [4.78, 5) is 26.7. The normalized spacial score (nSPS) is 11.8. The Hall–Kier alpha value is -4.32. The number of nitrogens with one attached hydrogen (secondary N) is 1. The molecule has 1 N–H and O–H groups in total. The molecule has 5 rings (SSSR count). The molecule has 6 heteroatoms. The van der Waals surface area contributed by atoms with Gasteiger partial charge in [0, 0.05) is 23.2 Å². The molecule has 170 valence electrons. The van der Waals surface area contributed by atoms with Crippen molar-refractivity contribution in [3.8, 4) is 33.9 Å². The van der Waals surface area contributed by atoms with E-state index in [0.29, 0.717) is 35.6 Å². The summed E-state index contributed by atoms with van der Waals surface area (Å²) in [5.41, 5.74) is 4.82. The lowest BCUT2D eigenvalue weighted by Crippen LogP contribution is -2.30. The molecule has 1 aliphatic heterocycles. The van der Waals surface area contributed by atoms with E-state index >= 15 is 0 Å². The number of carbonyl (C=O) groups excluding carboxylic acids is 1. The molecule has 0 atom stereocenters. The first-order chi connectivity index (χ1) is 16.6. The van der Waals surface area contributed by atoms with Gasteiger partial charge in [-0.25, -0.2) is 0 Å². The third-order valence-electron chi connectivity index (χ3n) is 6.15. The highest BCUT2D eigenvalue weighted by molar-refractivity contribution is 6.06. The molecule has 1 amide bonds. The van der Waals surface area contributed by atoms with Crippen LogP contribution in [0, 0.1) is 0 Å². The van der Waals surface area contributed by atoms with Crippen LogP contribution in [0.15, 0.2) is 83.7 Å². The minimum Gasteiger partial charge on any atom is -0.493 e. The van der Waals surface area contributed by atoms with Crippen LogP contribution in [-0.2, 0) is 13.0 Å². The van der Waals surface area contributed by atoms with Gasteiger partial charge < -0.3 is 19.4 Å². The Labute approximate surface area is 197 Å². The summed E-state index contributed by atoms with van der Waals surface area (Å²) >= 11 is 0. The molecule has 1 aromatic heterocycles. The Morgan fingerprint density at radius 3 is 2.18 bits per heavy atom. The van der Waals surface area contributed by atoms with Gasteiger partial charge in [-0.3, -0.25) is 9.59 Å². The topological polar surface area (TPSA) is 69.6 Å². The van der Waals surface area contributed by atoms with Gasteiger partial charge in [0.25, 0.3) is 11.5 Å². The molecule has 0 fully saturated rings. The van der Waals surface area contributed by atoms with Gasteiger partial charge in [0.1, 0.15) is 5.69 Å². The largest absolute Gasteiger partial charge is 0.493 e. The number of rotatable bonds is 5. The average molecular weight is 453 g/mol. The van der Waals surface area contributed by atoms with E-state index < -0.39 is 0 Å². The maximum atomic E-state index is 13.8. The highest BCUT2D eigenvalue weighted by Gasteiger charge is 2.25. The smallest absolute Gasteiger partial charge is 0.275 e. The number of benzene rings is 3. The number of aromatic nitrogens is 1. The van der Waals surface area contributed by atoms with Crippen molar-refractivity contribution in [2.24, 2.45) is 0 Å². The summed E-state index contributed by atoms with van der Waals surface area (Å²) in [5, 5.41) is 2.89. The fourth-order valence-electron chi connectivity index (χ4n) is 4.43. The van der Waals surface area contributed by atoms with Crippen LogP contribution in [0.1, 0.15) is 15.9 Å². The summed E-state index contributed by atoms with van der Waals surface area (Å²) in [6, 6.07) is 24.4. The number of amides is 1. The van der Waals surface area contributed by atoms with E-state index in [-0.39, 0.29) is 17.2 Å². The number of pyridine rings is 1. The van der Waals surface area contributed by atoms with Crippen molar-refractivity contribution < 1.29 is 14.3 Å². The molecular formula is C28H24N2O4. The molecule has 0 spiro atoms. The predicted molar refractivity (Wildman–Crippen MR) is 133 cm³/mol. The predicted octanol–water partition coefficient (Wildman–Crippen LogP) is 5.01. The highest BCUT2D eigenvalue weighted by Crippen LogP contribution is 2.40. The summed E-state index contributed by atoms with van der Waals surface area (Å²) < 4.78 is 12.7. The monoisotopic (exact) mass is 452 g/mol. The summed E-state index contributed by atoms with van der Waals surface area (Å²) in [6.07, 6.45) is 0.666. The van der Waals surface area contributed by atoms with Crippen molar-refractivity contribution in [3.05, 3.63) is 100 Å². The Balaban J connectivity index is 1.71. The maximum absolute atomic E-state index is 13.8. The van der Waals surface area contributed by atoms with Crippen molar-refractivity contribution in [3.63, 3.8) is 0 Å². The molecule has 3 aromatic carbocycles. The van der Waals surface area contributed by atoms with Crippen LogP contribution in [-0.4, -0.2) is 24.7 Å². The van der Waals surface area contributed by atoms with Crippen molar-refractivity contribution in [1.29, 1.82) is 0 Å². The second-order valence-corrected chi connectivity index (χ2v) is 8.08.